The third-order valence-corrected chi connectivity index (χ3v) is 8.42. The molecule has 0 fully saturated rings. The van der Waals surface area contributed by atoms with Gasteiger partial charge in [0.2, 0.25) is 5.75 Å². The maximum absolute atomic E-state index is 13.9. The van der Waals surface area contributed by atoms with Gasteiger partial charge in [-0.25, -0.2) is 9.37 Å². The molecule has 2 heterocycles. The van der Waals surface area contributed by atoms with Crippen molar-refractivity contribution in [1.82, 2.24) is 9.55 Å². The number of ketones is 1. The molecule has 0 spiro atoms. The molecule has 218 valence electrons. The van der Waals surface area contributed by atoms with E-state index in [9.17, 15) is 22.4 Å². The molecule has 2 aromatic carbocycles. The first-order chi connectivity index (χ1) is 19.7. The summed E-state index contributed by atoms with van der Waals surface area (Å²) in [6.45, 7) is 6.17. The van der Waals surface area contributed by atoms with E-state index < -0.39 is 49.6 Å². The molecule has 2 atom stereocenters. The van der Waals surface area contributed by atoms with Gasteiger partial charge >= 0.3 is 10.1 Å². The highest BCUT2D eigenvalue weighted by atomic mass is 79.9. The number of nitrogens with zero attached hydrogens (tertiary/aromatic N) is 2. The smallest absolute Gasteiger partial charge is 0.339 e. The fourth-order valence-electron chi connectivity index (χ4n) is 4.36. The second kappa shape index (κ2) is 13.5. The van der Waals surface area contributed by atoms with Crippen LogP contribution < -0.4 is 14.5 Å². The van der Waals surface area contributed by atoms with Crippen molar-refractivity contribution in [2.45, 2.75) is 48.4 Å². The van der Waals surface area contributed by atoms with Gasteiger partial charge < -0.3 is 13.7 Å². The van der Waals surface area contributed by atoms with Gasteiger partial charge in [-0.15, -0.1) is 6.58 Å². The Balaban J connectivity index is 1.76. The first-order valence-electron chi connectivity index (χ1n) is 13.1. The number of aromatic nitrogens is 2. The van der Waals surface area contributed by atoms with Crippen molar-refractivity contribution >= 4 is 31.8 Å². The number of carbonyl (C=O) groups is 1. The Morgan fingerprint density at radius 1 is 1.24 bits per heavy atom. The zero-order valence-corrected chi connectivity index (χ0v) is 24.8. The van der Waals surface area contributed by atoms with E-state index in [0.29, 0.717) is 18.4 Å². The maximum Gasteiger partial charge on any atom is 0.339 e. The number of hydrogen-bond acceptors (Lipinski definition) is 8. The molecule has 1 aromatic heterocycles. The van der Waals surface area contributed by atoms with E-state index in [0.717, 1.165) is 0 Å². The highest BCUT2D eigenvalue weighted by molar-refractivity contribution is 9.09. The van der Waals surface area contributed by atoms with E-state index in [-0.39, 0.29) is 49.1 Å². The molecule has 1 aliphatic heterocycles. The Bertz CT molecular complexity index is 1580. The molecule has 12 heteroatoms. The highest BCUT2D eigenvalue weighted by Crippen LogP contribution is 2.31. The summed E-state index contributed by atoms with van der Waals surface area (Å²) in [6.07, 6.45) is 2.64. The topological polar surface area (TPSA) is 114 Å². The number of carbonyl (C=O) groups excluding carboxylic acids is 1. The number of ether oxygens (including phenoxy) is 2. The number of fused-ring (bicyclic) bond motifs is 1. The third-order valence-electron chi connectivity index (χ3n) is 6.51. The van der Waals surface area contributed by atoms with Crippen molar-refractivity contribution in [3.05, 3.63) is 94.4 Å². The maximum atomic E-state index is 13.9. The van der Waals surface area contributed by atoms with E-state index in [1.807, 2.05) is 6.92 Å². The minimum Gasteiger partial charge on any atom is -0.493 e. The number of Topliss-reactive ketones (excluding diaryl/α,β-unsaturated/α-hetero) is 1. The van der Waals surface area contributed by atoms with E-state index in [4.69, 9.17) is 13.7 Å². The first-order valence-corrected chi connectivity index (χ1v) is 15.4. The summed E-state index contributed by atoms with van der Waals surface area (Å²) in [7, 11) is -4.47. The lowest BCUT2D eigenvalue weighted by atomic mass is 10.0. The summed E-state index contributed by atoms with van der Waals surface area (Å²) >= 11 is 3.48. The molecule has 41 heavy (non-hydrogen) atoms. The summed E-state index contributed by atoms with van der Waals surface area (Å²) in [6, 6.07) is 10.9. The number of rotatable bonds is 12. The molecule has 4 rings (SSSR count). The van der Waals surface area contributed by atoms with E-state index in [1.165, 1.54) is 47.0 Å². The summed E-state index contributed by atoms with van der Waals surface area (Å²) in [5, 5.41) is 0. The van der Waals surface area contributed by atoms with Crippen molar-refractivity contribution in [1.29, 1.82) is 0 Å². The standard InChI is InChI=1S/C29H30BrFN2O7S/c1-3-5-15-39-25-16-20(31)13-11-19(25)12-14-24(34)26-27(40-41(36,37)22-9-7-6-8-10-22)29(35)33-21(4-2)17-38-18-23(30)28(33)32-26/h3,6-11,13,16,21,23H,1,4-5,12,14-15,17-18H2,2H3/t21-,23?/m0/s1. The van der Waals surface area contributed by atoms with Gasteiger partial charge in [-0.05, 0) is 43.0 Å². The average Bonchev–Trinajstić information content (AvgIpc) is 3.12. The van der Waals surface area contributed by atoms with Crippen molar-refractivity contribution in [2.75, 3.05) is 19.8 Å². The number of alkyl halides is 1. The summed E-state index contributed by atoms with van der Waals surface area (Å²) in [5.74, 6) is -1.28. The molecule has 3 aromatic rings. The molecule has 9 nitrogen and oxygen atoms in total. The van der Waals surface area contributed by atoms with Crippen LogP contribution in [0.3, 0.4) is 0 Å². The first kappa shape index (κ1) is 30.6. The molecule has 0 N–H and O–H groups in total. The molecule has 0 bridgehead atoms. The molecule has 1 aliphatic rings. The van der Waals surface area contributed by atoms with Crippen molar-refractivity contribution < 1.29 is 31.3 Å². The van der Waals surface area contributed by atoms with E-state index in [1.54, 1.807) is 12.1 Å². The largest absolute Gasteiger partial charge is 0.493 e. The van der Waals surface area contributed by atoms with E-state index >= 15 is 0 Å². The molecular weight excluding hydrogens is 619 g/mol. The van der Waals surface area contributed by atoms with Crippen LogP contribution in [0.1, 0.15) is 58.9 Å². The molecule has 0 aliphatic carbocycles. The predicted octanol–water partition coefficient (Wildman–Crippen LogP) is 5.34. The number of hydrogen-bond donors (Lipinski definition) is 0. The predicted molar refractivity (Wildman–Crippen MR) is 154 cm³/mol. The van der Waals surface area contributed by atoms with Crippen LogP contribution >= 0.6 is 15.9 Å². The van der Waals surface area contributed by atoms with Crippen molar-refractivity contribution in [3.63, 3.8) is 0 Å². The lowest BCUT2D eigenvalue weighted by molar-refractivity contribution is 0.0975. The lowest BCUT2D eigenvalue weighted by Crippen LogP contribution is -2.34. The minimum absolute atomic E-state index is 0.117. The van der Waals surface area contributed by atoms with Crippen molar-refractivity contribution in [2.24, 2.45) is 0 Å². The van der Waals surface area contributed by atoms with E-state index in [2.05, 4.69) is 27.5 Å². The molecule has 0 saturated heterocycles. The van der Waals surface area contributed by atoms with Gasteiger partial charge in [-0.1, -0.05) is 53.2 Å². The molecule has 1 unspecified atom stereocenters. The van der Waals surface area contributed by atoms with Crippen LogP contribution in [0.5, 0.6) is 11.5 Å². The summed E-state index contributed by atoms with van der Waals surface area (Å²) in [5.41, 5.74) is -0.638. The second-order valence-electron chi connectivity index (χ2n) is 9.34. The zero-order chi connectivity index (χ0) is 29.6. The molecule has 0 saturated carbocycles. The SMILES string of the molecule is C=CCCOc1cc(F)ccc1CCC(=O)c1nc2n(c(=O)c1OS(=O)(=O)c1ccccc1)[C@@H](CC)COCC2Br. The number of aryl methyl sites for hydroxylation is 1. The second-order valence-corrected chi connectivity index (χ2v) is 12.0. The van der Waals surface area contributed by atoms with Crippen LogP contribution in [-0.2, 0) is 21.3 Å². The van der Waals surface area contributed by atoms with Gasteiger partial charge in [0, 0.05) is 12.5 Å². The van der Waals surface area contributed by atoms with Gasteiger partial charge in [0.15, 0.2) is 11.5 Å². The Kier molecular flexibility index (Phi) is 10.1. The fourth-order valence-corrected chi connectivity index (χ4v) is 5.83. The van der Waals surface area contributed by atoms with Gasteiger partial charge in [-0.2, -0.15) is 8.42 Å². The minimum atomic E-state index is -4.47. The average molecular weight is 650 g/mol. The van der Waals surface area contributed by atoms with Gasteiger partial charge in [0.1, 0.15) is 22.3 Å². The lowest BCUT2D eigenvalue weighted by Gasteiger charge is -2.21. The number of benzene rings is 2. The quantitative estimate of drug-likeness (QED) is 0.0850. The summed E-state index contributed by atoms with van der Waals surface area (Å²) in [4.78, 5) is 31.3. The van der Waals surface area contributed by atoms with Crippen LogP contribution in [0.4, 0.5) is 4.39 Å². The normalized spacial score (nSPS) is 16.9. The van der Waals surface area contributed by atoms with Crippen LogP contribution in [0.2, 0.25) is 0 Å². The van der Waals surface area contributed by atoms with Crippen LogP contribution in [-0.4, -0.2) is 43.6 Å². The molecule has 0 radical (unpaired) electrons. The summed E-state index contributed by atoms with van der Waals surface area (Å²) < 4.78 is 58.3. The fraction of sp³-hybridized carbons (Fsp3) is 0.345. The Morgan fingerprint density at radius 2 is 2.00 bits per heavy atom. The highest BCUT2D eigenvalue weighted by Gasteiger charge is 2.33. The zero-order valence-electron chi connectivity index (χ0n) is 22.4. The van der Waals surface area contributed by atoms with Gasteiger partial charge in [-0.3, -0.25) is 14.2 Å². The van der Waals surface area contributed by atoms with Crippen molar-refractivity contribution in [3.8, 4) is 11.5 Å². The molecule has 0 amide bonds. The molecular formula is C29H30BrFN2O7S. The Labute approximate surface area is 246 Å². The van der Waals surface area contributed by atoms with Gasteiger partial charge in [0.25, 0.3) is 5.56 Å². The Hall–Kier alpha value is -3.35. The number of halogens is 2. The monoisotopic (exact) mass is 648 g/mol. The Morgan fingerprint density at radius 3 is 2.71 bits per heavy atom. The van der Waals surface area contributed by atoms with Crippen LogP contribution in [0, 0.1) is 5.82 Å². The van der Waals surface area contributed by atoms with Crippen LogP contribution in [0.15, 0.2) is 70.9 Å². The third kappa shape index (κ3) is 7.11. The van der Waals surface area contributed by atoms with Gasteiger partial charge in [0.05, 0.1) is 30.7 Å². The van der Waals surface area contributed by atoms with Crippen LogP contribution in [0.25, 0.3) is 0 Å².